The number of carbonyl (C=O) groups excluding carboxylic acids is 1. The van der Waals surface area contributed by atoms with E-state index in [0.29, 0.717) is 0 Å². The smallest absolute Gasteiger partial charge is 0.160 e. The van der Waals surface area contributed by atoms with E-state index in [1.165, 1.54) is 0 Å². The molecular weight excluding hydrogens is 246 g/mol. The highest BCUT2D eigenvalue weighted by Crippen LogP contribution is 2.42. The third-order valence-corrected chi connectivity index (χ3v) is 4.57. The minimum atomic E-state index is -0.411. The van der Waals surface area contributed by atoms with E-state index in [0.717, 1.165) is 50.5 Å². The number of rotatable bonds is 5. The third kappa shape index (κ3) is 2.77. The Morgan fingerprint density at radius 1 is 1.30 bits per heavy atom. The van der Waals surface area contributed by atoms with Gasteiger partial charge in [0, 0.05) is 0 Å². The molecule has 20 heavy (non-hydrogen) atoms. The number of Topliss-reactive ketones (excluding diaryl/α,β-unsaturated/α-hetero) is 1. The molecule has 2 atom stereocenters. The summed E-state index contributed by atoms with van der Waals surface area (Å²) in [6.45, 7) is 2.18. The molecule has 1 aliphatic carbocycles. The normalized spacial score (nSPS) is 26.2. The molecular formula is C18H23NO. The molecule has 0 aromatic heterocycles. The quantitative estimate of drug-likeness (QED) is 0.743. The number of hydrogen-bond acceptors (Lipinski definition) is 2. The van der Waals surface area contributed by atoms with Gasteiger partial charge >= 0.3 is 0 Å². The van der Waals surface area contributed by atoms with Crippen LogP contribution in [0, 0.1) is 17.2 Å². The number of unbranched alkanes of at least 4 members (excludes halogenated alkanes) is 2. The van der Waals surface area contributed by atoms with Gasteiger partial charge in [-0.3, -0.25) is 4.79 Å². The average molecular weight is 269 g/mol. The topological polar surface area (TPSA) is 40.9 Å². The molecule has 0 saturated heterocycles. The second kappa shape index (κ2) is 6.70. The maximum absolute atomic E-state index is 12.9. The van der Waals surface area contributed by atoms with Gasteiger partial charge in [0.15, 0.2) is 5.78 Å². The average Bonchev–Trinajstić information content (AvgIpc) is 2.50. The van der Waals surface area contributed by atoms with Crippen molar-refractivity contribution in [3.63, 3.8) is 0 Å². The predicted octanol–water partition coefficient (Wildman–Crippen LogP) is 4.40. The number of carbonyl (C=O) groups is 1. The van der Waals surface area contributed by atoms with Crippen LogP contribution in [0.3, 0.4) is 0 Å². The fourth-order valence-electron chi connectivity index (χ4n) is 3.43. The summed E-state index contributed by atoms with van der Waals surface area (Å²) < 4.78 is 0. The summed E-state index contributed by atoms with van der Waals surface area (Å²) >= 11 is 0. The van der Waals surface area contributed by atoms with Gasteiger partial charge < -0.3 is 0 Å². The summed E-state index contributed by atoms with van der Waals surface area (Å²) in [7, 11) is 0. The van der Waals surface area contributed by atoms with Crippen LogP contribution >= 0.6 is 0 Å². The van der Waals surface area contributed by atoms with Crippen molar-refractivity contribution in [2.45, 2.75) is 57.3 Å². The molecule has 0 aliphatic heterocycles. The number of nitriles is 1. The Balaban J connectivity index is 2.33. The van der Waals surface area contributed by atoms with Crippen molar-refractivity contribution >= 4 is 5.78 Å². The summed E-state index contributed by atoms with van der Waals surface area (Å²) in [6.07, 6.45) is 6.87. The zero-order valence-corrected chi connectivity index (χ0v) is 12.3. The monoisotopic (exact) mass is 269 g/mol. The first-order valence-corrected chi connectivity index (χ1v) is 7.74. The lowest BCUT2D eigenvalue weighted by atomic mass is 9.63. The van der Waals surface area contributed by atoms with Crippen molar-refractivity contribution in [1.82, 2.24) is 0 Å². The highest BCUT2D eigenvalue weighted by atomic mass is 16.1. The lowest BCUT2D eigenvalue weighted by Gasteiger charge is -2.38. The molecule has 2 rings (SSSR count). The van der Waals surface area contributed by atoms with Crippen molar-refractivity contribution in [2.75, 3.05) is 0 Å². The maximum atomic E-state index is 12.9. The van der Waals surface area contributed by atoms with Crippen LogP contribution in [-0.2, 0) is 10.2 Å². The number of ketones is 1. The SMILES string of the molecule is CCCCCC1(c2ccccc2)CCCC(C#N)C1=O. The van der Waals surface area contributed by atoms with E-state index in [2.05, 4.69) is 25.1 Å². The van der Waals surface area contributed by atoms with E-state index in [1.807, 2.05) is 18.2 Å². The third-order valence-electron chi connectivity index (χ3n) is 4.57. The minimum absolute atomic E-state index is 0.161. The van der Waals surface area contributed by atoms with Gasteiger partial charge in [0.2, 0.25) is 0 Å². The Morgan fingerprint density at radius 3 is 2.70 bits per heavy atom. The highest BCUT2D eigenvalue weighted by molar-refractivity contribution is 5.94. The summed E-state index contributed by atoms with van der Waals surface area (Å²) in [5.74, 6) is -0.251. The second-order valence-electron chi connectivity index (χ2n) is 5.84. The van der Waals surface area contributed by atoms with Gasteiger partial charge in [0.25, 0.3) is 0 Å². The maximum Gasteiger partial charge on any atom is 0.160 e. The van der Waals surface area contributed by atoms with Gasteiger partial charge in [-0.05, 0) is 24.8 Å². The van der Waals surface area contributed by atoms with Gasteiger partial charge in [0.1, 0.15) is 5.92 Å². The Hall–Kier alpha value is -1.62. The fourth-order valence-corrected chi connectivity index (χ4v) is 3.43. The fraction of sp³-hybridized carbons (Fsp3) is 0.556. The van der Waals surface area contributed by atoms with E-state index in [1.54, 1.807) is 0 Å². The molecule has 106 valence electrons. The van der Waals surface area contributed by atoms with Crippen LogP contribution in [0.4, 0.5) is 0 Å². The predicted molar refractivity (Wildman–Crippen MR) is 80.2 cm³/mol. The first-order valence-electron chi connectivity index (χ1n) is 7.74. The summed E-state index contributed by atoms with van der Waals surface area (Å²) in [6, 6.07) is 12.3. The van der Waals surface area contributed by atoms with E-state index >= 15 is 0 Å². The lowest BCUT2D eigenvalue weighted by Crippen LogP contribution is -2.43. The Bertz CT molecular complexity index is 488. The van der Waals surface area contributed by atoms with Gasteiger partial charge in [-0.25, -0.2) is 0 Å². The Labute approximate surface area is 121 Å². The molecule has 0 bridgehead atoms. The van der Waals surface area contributed by atoms with Crippen LogP contribution in [0.5, 0.6) is 0 Å². The number of nitrogens with zero attached hydrogens (tertiary/aromatic N) is 1. The molecule has 0 amide bonds. The van der Waals surface area contributed by atoms with Crippen LogP contribution in [-0.4, -0.2) is 5.78 Å². The van der Waals surface area contributed by atoms with Gasteiger partial charge in [-0.15, -0.1) is 0 Å². The molecule has 1 aliphatic rings. The van der Waals surface area contributed by atoms with E-state index in [9.17, 15) is 10.1 Å². The number of benzene rings is 1. The van der Waals surface area contributed by atoms with Crippen LogP contribution < -0.4 is 0 Å². The van der Waals surface area contributed by atoms with Gasteiger partial charge in [-0.2, -0.15) is 5.26 Å². The summed E-state index contributed by atoms with van der Waals surface area (Å²) in [5, 5.41) is 9.24. The first-order chi connectivity index (χ1) is 9.74. The highest BCUT2D eigenvalue weighted by Gasteiger charge is 2.45. The number of hydrogen-bond donors (Lipinski definition) is 0. The van der Waals surface area contributed by atoms with Crippen LogP contribution in [0.1, 0.15) is 57.4 Å². The van der Waals surface area contributed by atoms with Crippen molar-refractivity contribution in [2.24, 2.45) is 5.92 Å². The Kier molecular flexibility index (Phi) is 4.95. The molecule has 1 saturated carbocycles. The van der Waals surface area contributed by atoms with Gasteiger partial charge in [0.05, 0.1) is 11.5 Å². The first kappa shape index (κ1) is 14.8. The largest absolute Gasteiger partial charge is 0.297 e. The molecule has 0 heterocycles. The van der Waals surface area contributed by atoms with Crippen molar-refractivity contribution < 1.29 is 4.79 Å². The molecule has 2 nitrogen and oxygen atoms in total. The molecule has 0 radical (unpaired) electrons. The van der Waals surface area contributed by atoms with Crippen LogP contribution in [0.2, 0.25) is 0 Å². The van der Waals surface area contributed by atoms with E-state index < -0.39 is 11.3 Å². The summed E-state index contributed by atoms with van der Waals surface area (Å²) in [4.78, 5) is 12.9. The van der Waals surface area contributed by atoms with Crippen molar-refractivity contribution in [1.29, 1.82) is 5.26 Å². The minimum Gasteiger partial charge on any atom is -0.297 e. The molecule has 1 fully saturated rings. The molecule has 0 spiro atoms. The molecule has 0 N–H and O–H groups in total. The molecule has 2 heteroatoms. The second-order valence-corrected chi connectivity index (χ2v) is 5.84. The van der Waals surface area contributed by atoms with Crippen molar-refractivity contribution in [3.8, 4) is 6.07 Å². The van der Waals surface area contributed by atoms with Gasteiger partial charge in [-0.1, -0.05) is 62.9 Å². The molecule has 1 aromatic carbocycles. The van der Waals surface area contributed by atoms with E-state index in [-0.39, 0.29) is 5.78 Å². The standard InChI is InChI=1S/C18H23NO/c1-2-3-7-12-18(16-10-5-4-6-11-16)13-8-9-15(14-19)17(18)20/h4-6,10-11,15H,2-3,7-9,12-13H2,1H3. The Morgan fingerprint density at radius 2 is 2.05 bits per heavy atom. The lowest BCUT2D eigenvalue weighted by molar-refractivity contribution is -0.129. The van der Waals surface area contributed by atoms with Crippen molar-refractivity contribution in [3.05, 3.63) is 35.9 Å². The van der Waals surface area contributed by atoms with E-state index in [4.69, 9.17) is 0 Å². The zero-order valence-electron chi connectivity index (χ0n) is 12.3. The van der Waals surface area contributed by atoms with Crippen LogP contribution in [0.15, 0.2) is 30.3 Å². The summed E-state index contributed by atoms with van der Waals surface area (Å²) in [5.41, 5.74) is 0.704. The molecule has 1 aromatic rings. The zero-order chi connectivity index (χ0) is 14.4. The van der Waals surface area contributed by atoms with Crippen LogP contribution in [0.25, 0.3) is 0 Å². The molecule has 2 unspecified atom stereocenters.